The van der Waals surface area contributed by atoms with Gasteiger partial charge >= 0.3 is 5.97 Å². The summed E-state index contributed by atoms with van der Waals surface area (Å²) in [6.07, 6.45) is 1.64. The maximum absolute atomic E-state index is 12.0. The zero-order chi connectivity index (χ0) is 16.8. The van der Waals surface area contributed by atoms with Crippen molar-refractivity contribution in [3.05, 3.63) is 40.8 Å². The second kappa shape index (κ2) is 7.44. The molecule has 0 unspecified atom stereocenters. The van der Waals surface area contributed by atoms with Crippen LogP contribution in [0, 0.1) is 0 Å². The molecule has 2 rings (SSSR count). The molecule has 0 fully saturated rings. The van der Waals surface area contributed by atoms with Crippen molar-refractivity contribution in [2.75, 3.05) is 19.8 Å². The topological polar surface area (TPSA) is 86.6 Å². The second-order valence-electron chi connectivity index (χ2n) is 4.82. The summed E-state index contributed by atoms with van der Waals surface area (Å²) in [6.45, 7) is 1.49. The van der Waals surface area contributed by atoms with Crippen molar-refractivity contribution in [3.63, 3.8) is 0 Å². The van der Waals surface area contributed by atoms with Gasteiger partial charge in [-0.1, -0.05) is 6.07 Å². The molecule has 23 heavy (non-hydrogen) atoms. The lowest BCUT2D eigenvalue weighted by atomic mass is 10.1. The lowest BCUT2D eigenvalue weighted by Gasteiger charge is -2.10. The van der Waals surface area contributed by atoms with E-state index >= 15 is 0 Å². The van der Waals surface area contributed by atoms with E-state index in [9.17, 15) is 14.4 Å². The molecule has 1 N–H and O–H groups in total. The van der Waals surface area contributed by atoms with E-state index < -0.39 is 11.9 Å². The summed E-state index contributed by atoms with van der Waals surface area (Å²) in [5.74, 6) is -0.514. The van der Waals surface area contributed by atoms with Gasteiger partial charge in [0, 0.05) is 18.6 Å². The van der Waals surface area contributed by atoms with E-state index in [1.807, 2.05) is 0 Å². The monoisotopic (exact) mass is 318 g/mol. The molecule has 0 aliphatic rings. The third-order valence-electron chi connectivity index (χ3n) is 3.18. The molecule has 7 heteroatoms. The minimum Gasteiger partial charge on any atom is -0.483 e. The Morgan fingerprint density at radius 1 is 1.22 bits per heavy atom. The number of aryl methyl sites for hydroxylation is 1. The highest BCUT2D eigenvalue weighted by atomic mass is 16.5. The Kier molecular flexibility index (Phi) is 5.35. The van der Waals surface area contributed by atoms with Crippen molar-refractivity contribution in [2.24, 2.45) is 7.05 Å². The SMILES string of the molecule is CCOC(=O)CNC(=O)COc1cccc2c(=O)n(C)ccc12. The van der Waals surface area contributed by atoms with Gasteiger partial charge in [0.2, 0.25) is 0 Å². The number of rotatable bonds is 6. The molecule has 1 aromatic heterocycles. The van der Waals surface area contributed by atoms with Crippen molar-refractivity contribution in [1.82, 2.24) is 9.88 Å². The van der Waals surface area contributed by atoms with Crippen LogP contribution < -0.4 is 15.6 Å². The Morgan fingerprint density at radius 3 is 2.74 bits per heavy atom. The maximum Gasteiger partial charge on any atom is 0.325 e. The number of amides is 1. The van der Waals surface area contributed by atoms with E-state index in [2.05, 4.69) is 5.32 Å². The minimum atomic E-state index is -0.505. The quantitative estimate of drug-likeness (QED) is 0.788. The van der Waals surface area contributed by atoms with Crippen molar-refractivity contribution in [2.45, 2.75) is 6.92 Å². The van der Waals surface area contributed by atoms with Crippen LogP contribution in [0.5, 0.6) is 5.75 Å². The van der Waals surface area contributed by atoms with E-state index in [-0.39, 0.29) is 25.3 Å². The summed E-state index contributed by atoms with van der Waals surface area (Å²) >= 11 is 0. The fourth-order valence-electron chi connectivity index (χ4n) is 2.05. The molecule has 0 bridgehead atoms. The molecule has 1 amide bonds. The Labute approximate surface area is 132 Å². The Bertz CT molecular complexity index is 782. The number of nitrogens with one attached hydrogen (secondary N) is 1. The number of pyridine rings is 1. The van der Waals surface area contributed by atoms with Gasteiger partial charge in [-0.2, -0.15) is 0 Å². The number of hydrogen-bond acceptors (Lipinski definition) is 5. The summed E-state index contributed by atoms with van der Waals surface area (Å²) in [5.41, 5.74) is -0.139. The van der Waals surface area contributed by atoms with Crippen molar-refractivity contribution in [3.8, 4) is 5.75 Å². The first-order valence-electron chi connectivity index (χ1n) is 7.16. The number of carbonyl (C=O) groups excluding carboxylic acids is 2. The average molecular weight is 318 g/mol. The van der Waals surface area contributed by atoms with Crippen molar-refractivity contribution >= 4 is 22.6 Å². The Morgan fingerprint density at radius 2 is 2.00 bits per heavy atom. The fourth-order valence-corrected chi connectivity index (χ4v) is 2.05. The first-order chi connectivity index (χ1) is 11.0. The molecule has 7 nitrogen and oxygen atoms in total. The summed E-state index contributed by atoms with van der Waals surface area (Å²) in [7, 11) is 1.66. The van der Waals surface area contributed by atoms with Gasteiger partial charge in [-0.15, -0.1) is 0 Å². The molecule has 1 heterocycles. The first kappa shape index (κ1) is 16.5. The van der Waals surface area contributed by atoms with Gasteiger partial charge in [0.25, 0.3) is 11.5 Å². The van der Waals surface area contributed by atoms with Crippen LogP contribution in [-0.2, 0) is 21.4 Å². The van der Waals surface area contributed by atoms with Gasteiger partial charge in [0.05, 0.1) is 12.0 Å². The van der Waals surface area contributed by atoms with Crippen LogP contribution in [0.4, 0.5) is 0 Å². The minimum absolute atomic E-state index is 0.139. The predicted molar refractivity (Wildman–Crippen MR) is 84.3 cm³/mol. The number of esters is 1. The molecule has 0 atom stereocenters. The number of nitrogens with zero attached hydrogens (tertiary/aromatic N) is 1. The fraction of sp³-hybridized carbons (Fsp3) is 0.312. The maximum atomic E-state index is 12.0. The van der Waals surface area contributed by atoms with E-state index in [1.165, 1.54) is 4.57 Å². The smallest absolute Gasteiger partial charge is 0.325 e. The highest BCUT2D eigenvalue weighted by Gasteiger charge is 2.09. The molecular formula is C16H18N2O5. The lowest BCUT2D eigenvalue weighted by Crippen LogP contribution is -2.34. The second-order valence-corrected chi connectivity index (χ2v) is 4.82. The highest BCUT2D eigenvalue weighted by molar-refractivity contribution is 5.88. The summed E-state index contributed by atoms with van der Waals surface area (Å²) in [6, 6.07) is 6.82. The van der Waals surface area contributed by atoms with Crippen molar-refractivity contribution in [1.29, 1.82) is 0 Å². The molecule has 0 spiro atoms. The number of ether oxygens (including phenoxy) is 2. The van der Waals surface area contributed by atoms with Crippen LogP contribution in [0.25, 0.3) is 10.8 Å². The normalized spacial score (nSPS) is 10.3. The number of fused-ring (bicyclic) bond motifs is 1. The summed E-state index contributed by atoms with van der Waals surface area (Å²) in [5, 5.41) is 3.55. The molecule has 122 valence electrons. The number of aromatic nitrogens is 1. The molecule has 0 saturated carbocycles. The van der Waals surface area contributed by atoms with E-state index in [0.29, 0.717) is 16.5 Å². The number of hydrogen-bond donors (Lipinski definition) is 1. The van der Waals surface area contributed by atoms with E-state index in [0.717, 1.165) is 0 Å². The standard InChI is InChI=1S/C16H18N2O5/c1-3-22-15(20)9-17-14(19)10-23-13-6-4-5-12-11(13)7-8-18(2)16(12)21/h4-8H,3,9-10H2,1-2H3,(H,17,19). The number of carbonyl (C=O) groups is 2. The van der Waals surface area contributed by atoms with Gasteiger partial charge in [0.15, 0.2) is 6.61 Å². The van der Waals surface area contributed by atoms with Crippen LogP contribution in [0.3, 0.4) is 0 Å². The molecule has 1 aromatic carbocycles. The lowest BCUT2D eigenvalue weighted by molar-refractivity contribution is -0.143. The van der Waals surface area contributed by atoms with E-state index in [1.54, 1.807) is 44.4 Å². The molecular weight excluding hydrogens is 300 g/mol. The van der Waals surface area contributed by atoms with Crippen LogP contribution >= 0.6 is 0 Å². The molecule has 2 aromatic rings. The van der Waals surface area contributed by atoms with Crippen LogP contribution in [-0.4, -0.2) is 36.2 Å². The molecule has 0 radical (unpaired) electrons. The van der Waals surface area contributed by atoms with Gasteiger partial charge in [-0.05, 0) is 25.1 Å². The highest BCUT2D eigenvalue weighted by Crippen LogP contribution is 2.22. The average Bonchev–Trinajstić information content (AvgIpc) is 2.54. The molecule has 0 aliphatic carbocycles. The molecule has 0 saturated heterocycles. The van der Waals surface area contributed by atoms with Gasteiger partial charge in [-0.3, -0.25) is 14.4 Å². The Balaban J connectivity index is 2.03. The van der Waals surface area contributed by atoms with Gasteiger partial charge in [-0.25, -0.2) is 0 Å². The predicted octanol–water partition coefficient (Wildman–Crippen LogP) is 0.597. The molecule has 0 aliphatic heterocycles. The number of benzene rings is 1. The van der Waals surface area contributed by atoms with Gasteiger partial charge in [0.1, 0.15) is 12.3 Å². The zero-order valence-corrected chi connectivity index (χ0v) is 13.0. The third kappa shape index (κ3) is 4.09. The van der Waals surface area contributed by atoms with Gasteiger partial charge < -0.3 is 19.4 Å². The van der Waals surface area contributed by atoms with Crippen LogP contribution in [0.1, 0.15) is 6.92 Å². The van der Waals surface area contributed by atoms with E-state index in [4.69, 9.17) is 9.47 Å². The Hall–Kier alpha value is -2.83. The van der Waals surface area contributed by atoms with Crippen LogP contribution in [0.15, 0.2) is 35.3 Å². The van der Waals surface area contributed by atoms with Crippen LogP contribution in [0.2, 0.25) is 0 Å². The zero-order valence-electron chi connectivity index (χ0n) is 13.0. The first-order valence-corrected chi connectivity index (χ1v) is 7.16. The largest absolute Gasteiger partial charge is 0.483 e. The summed E-state index contributed by atoms with van der Waals surface area (Å²) in [4.78, 5) is 34.9. The van der Waals surface area contributed by atoms with Crippen molar-refractivity contribution < 1.29 is 19.1 Å². The third-order valence-corrected chi connectivity index (χ3v) is 3.18. The summed E-state index contributed by atoms with van der Waals surface area (Å²) < 4.78 is 11.6.